The van der Waals surface area contributed by atoms with Gasteiger partial charge in [0, 0.05) is 24.2 Å². The summed E-state index contributed by atoms with van der Waals surface area (Å²) in [6, 6.07) is -0.110. The van der Waals surface area contributed by atoms with Gasteiger partial charge in [-0.3, -0.25) is 10.2 Å². The van der Waals surface area contributed by atoms with Gasteiger partial charge in [-0.25, -0.2) is 4.79 Å². The Morgan fingerprint density at radius 2 is 1.81 bits per heavy atom. The Labute approximate surface area is 129 Å². The van der Waals surface area contributed by atoms with E-state index in [0.29, 0.717) is 0 Å². The molecule has 0 aromatic carbocycles. The third-order valence-electron chi connectivity index (χ3n) is 3.68. The van der Waals surface area contributed by atoms with Crippen molar-refractivity contribution in [2.75, 3.05) is 13.1 Å². The predicted octanol–water partition coefficient (Wildman–Crippen LogP) is 2.03. The van der Waals surface area contributed by atoms with E-state index < -0.39 is 11.6 Å². The fourth-order valence-corrected chi connectivity index (χ4v) is 3.22. The summed E-state index contributed by atoms with van der Waals surface area (Å²) in [5.41, 5.74) is -1.43. The van der Waals surface area contributed by atoms with Gasteiger partial charge in [-0.2, -0.15) is 0 Å². The van der Waals surface area contributed by atoms with Crippen molar-refractivity contribution in [3.63, 3.8) is 0 Å². The molecule has 1 unspecified atom stereocenters. The van der Waals surface area contributed by atoms with Gasteiger partial charge in [0.05, 0.1) is 6.04 Å². The first-order valence-corrected chi connectivity index (χ1v) is 7.98. The number of rotatable bonds is 5. The minimum Gasteiger partial charge on any atom is -0.479 e. The molecule has 1 aliphatic rings. The second-order valence-corrected chi connectivity index (χ2v) is 8.17. The van der Waals surface area contributed by atoms with Gasteiger partial charge in [-0.1, -0.05) is 6.92 Å². The number of carboxylic acid groups (broad SMARTS) is 1. The molecule has 0 amide bonds. The lowest BCUT2D eigenvalue weighted by Gasteiger charge is -2.45. The highest BCUT2D eigenvalue weighted by Gasteiger charge is 2.56. The van der Waals surface area contributed by atoms with Crippen LogP contribution in [0, 0.1) is 0 Å². The smallest absolute Gasteiger partial charge is 0.340 e. The summed E-state index contributed by atoms with van der Waals surface area (Å²) >= 11 is 0. The van der Waals surface area contributed by atoms with E-state index >= 15 is 0 Å². The molecule has 1 aliphatic heterocycles. The summed E-state index contributed by atoms with van der Waals surface area (Å²) in [6.45, 7) is 16.0. The molecule has 1 fully saturated rings. The van der Waals surface area contributed by atoms with Crippen LogP contribution in [0.1, 0.15) is 61.3 Å². The monoisotopic (exact) mass is 299 g/mol. The number of nitrogens with zero attached hydrogens (tertiary/aromatic N) is 1. The van der Waals surface area contributed by atoms with Crippen LogP contribution in [0.2, 0.25) is 0 Å². The van der Waals surface area contributed by atoms with Crippen molar-refractivity contribution >= 4 is 5.97 Å². The van der Waals surface area contributed by atoms with E-state index in [0.717, 1.165) is 25.9 Å². The summed E-state index contributed by atoms with van der Waals surface area (Å²) in [5.74, 6) is -0.787. The lowest BCUT2D eigenvalue weighted by Crippen LogP contribution is -2.73. The normalized spacial score (nSPS) is 28.0. The molecule has 0 aromatic rings. The Kier molecular flexibility index (Phi) is 5.45. The van der Waals surface area contributed by atoms with Crippen LogP contribution in [-0.2, 0) is 4.79 Å². The molecule has 1 rings (SSSR count). The highest BCUT2D eigenvalue weighted by Crippen LogP contribution is 2.31. The minimum atomic E-state index is -1.04. The summed E-state index contributed by atoms with van der Waals surface area (Å²) in [6.07, 6.45) is 1.79. The Bertz CT molecular complexity index is 371. The van der Waals surface area contributed by atoms with E-state index in [-0.39, 0.29) is 17.1 Å². The second kappa shape index (κ2) is 6.23. The minimum absolute atomic E-state index is 0.110. The maximum absolute atomic E-state index is 12.2. The molecule has 0 radical (unpaired) electrons. The number of hydrogen-bond donors (Lipinski definition) is 3. The molecular weight excluding hydrogens is 266 g/mol. The maximum Gasteiger partial charge on any atom is 0.340 e. The first kappa shape index (κ1) is 18.4. The lowest BCUT2D eigenvalue weighted by molar-refractivity contribution is -0.155. The molecule has 0 spiro atoms. The molecule has 3 N–H and O–H groups in total. The van der Waals surface area contributed by atoms with E-state index in [1.54, 1.807) is 0 Å². The largest absolute Gasteiger partial charge is 0.479 e. The average molecular weight is 299 g/mol. The number of carbonyl (C=O) groups is 1. The van der Waals surface area contributed by atoms with Crippen molar-refractivity contribution in [1.29, 1.82) is 0 Å². The highest BCUT2D eigenvalue weighted by molar-refractivity contribution is 5.80. The summed E-state index contributed by atoms with van der Waals surface area (Å²) in [7, 11) is 0. The topological polar surface area (TPSA) is 64.6 Å². The van der Waals surface area contributed by atoms with Crippen LogP contribution in [-0.4, -0.2) is 51.8 Å². The van der Waals surface area contributed by atoms with Gasteiger partial charge in [0.1, 0.15) is 0 Å². The van der Waals surface area contributed by atoms with Crippen LogP contribution < -0.4 is 10.6 Å². The van der Waals surface area contributed by atoms with Gasteiger partial charge in [0.25, 0.3) is 0 Å². The molecule has 5 heteroatoms. The van der Waals surface area contributed by atoms with Crippen molar-refractivity contribution < 1.29 is 9.90 Å². The Balaban J connectivity index is 3.20. The molecule has 21 heavy (non-hydrogen) atoms. The van der Waals surface area contributed by atoms with Crippen molar-refractivity contribution in [3.8, 4) is 0 Å². The van der Waals surface area contributed by atoms with Crippen molar-refractivity contribution in [3.05, 3.63) is 0 Å². The van der Waals surface area contributed by atoms with Crippen LogP contribution in [0.3, 0.4) is 0 Å². The Morgan fingerprint density at radius 1 is 1.24 bits per heavy atom. The van der Waals surface area contributed by atoms with Gasteiger partial charge in [0.15, 0.2) is 5.66 Å². The maximum atomic E-state index is 12.2. The zero-order chi connectivity index (χ0) is 16.5. The zero-order valence-corrected chi connectivity index (χ0v) is 14.7. The molecule has 0 saturated carbocycles. The number of nitrogens with one attached hydrogen (secondary N) is 2. The van der Waals surface area contributed by atoms with Crippen LogP contribution >= 0.6 is 0 Å². The zero-order valence-electron chi connectivity index (χ0n) is 14.7. The third kappa shape index (κ3) is 4.41. The van der Waals surface area contributed by atoms with E-state index in [2.05, 4.69) is 43.2 Å². The third-order valence-corrected chi connectivity index (χ3v) is 3.68. The van der Waals surface area contributed by atoms with E-state index in [9.17, 15) is 9.90 Å². The number of carboxylic acids is 1. The van der Waals surface area contributed by atoms with Gasteiger partial charge < -0.3 is 10.4 Å². The molecule has 0 bridgehead atoms. The summed E-state index contributed by atoms with van der Waals surface area (Å²) < 4.78 is 0. The molecule has 0 aromatic heterocycles. The standard InChI is InChI=1S/C16H33N3O2/c1-8-10-19-11-9-12(17-14(2,3)4)16(19,13(20)21)18-15(5,6)7/h12,17-18H,8-11H2,1-7H3,(H,20,21)/t12?,16-/m0/s1. The number of hydrogen-bond acceptors (Lipinski definition) is 4. The van der Waals surface area contributed by atoms with E-state index in [1.165, 1.54) is 0 Å². The summed E-state index contributed by atoms with van der Waals surface area (Å²) in [5, 5.41) is 17.0. The Hall–Kier alpha value is -0.650. The molecule has 2 atom stereocenters. The molecular formula is C16H33N3O2. The van der Waals surface area contributed by atoms with Gasteiger partial charge in [0.2, 0.25) is 0 Å². The fourth-order valence-electron chi connectivity index (χ4n) is 3.22. The quantitative estimate of drug-likeness (QED) is 0.725. The first-order chi connectivity index (χ1) is 9.42. The number of likely N-dealkylation sites (tertiary alicyclic amines) is 1. The van der Waals surface area contributed by atoms with Crippen molar-refractivity contribution in [2.45, 2.75) is 84.1 Å². The second-order valence-electron chi connectivity index (χ2n) is 8.17. The van der Waals surface area contributed by atoms with Crippen LogP contribution in [0.5, 0.6) is 0 Å². The van der Waals surface area contributed by atoms with Gasteiger partial charge in [-0.15, -0.1) is 0 Å². The molecule has 124 valence electrons. The SMILES string of the molecule is CCCN1CCC(NC(C)(C)C)[C@@]1(NC(C)(C)C)C(=O)O. The van der Waals surface area contributed by atoms with Crippen molar-refractivity contribution in [2.24, 2.45) is 0 Å². The van der Waals surface area contributed by atoms with E-state index in [4.69, 9.17) is 0 Å². The predicted molar refractivity (Wildman–Crippen MR) is 86.4 cm³/mol. The van der Waals surface area contributed by atoms with Crippen LogP contribution in [0.4, 0.5) is 0 Å². The van der Waals surface area contributed by atoms with E-state index in [1.807, 2.05) is 20.8 Å². The fraction of sp³-hybridized carbons (Fsp3) is 0.938. The van der Waals surface area contributed by atoms with Crippen molar-refractivity contribution in [1.82, 2.24) is 15.5 Å². The average Bonchev–Trinajstić information content (AvgIpc) is 2.55. The van der Waals surface area contributed by atoms with Crippen LogP contribution in [0.25, 0.3) is 0 Å². The highest BCUT2D eigenvalue weighted by atomic mass is 16.4. The molecule has 1 saturated heterocycles. The van der Waals surface area contributed by atoms with Crippen LogP contribution in [0.15, 0.2) is 0 Å². The summed E-state index contributed by atoms with van der Waals surface area (Å²) in [4.78, 5) is 14.3. The lowest BCUT2D eigenvalue weighted by atomic mass is 9.93. The molecule has 1 heterocycles. The Morgan fingerprint density at radius 3 is 2.19 bits per heavy atom. The number of aliphatic carboxylic acids is 1. The van der Waals surface area contributed by atoms with Gasteiger partial charge in [-0.05, 0) is 54.4 Å². The molecule has 0 aliphatic carbocycles. The van der Waals surface area contributed by atoms with Gasteiger partial charge >= 0.3 is 5.97 Å². The first-order valence-electron chi connectivity index (χ1n) is 7.98. The molecule has 5 nitrogen and oxygen atoms in total.